The number of likely N-dealkylation sites (N-methyl/N-ethyl adjacent to an activating group) is 1. The highest BCUT2D eigenvalue weighted by atomic mass is 35.6. The molecule has 1 atom stereocenters. The fourth-order valence-corrected chi connectivity index (χ4v) is 3.47. The van der Waals surface area contributed by atoms with Crippen molar-refractivity contribution in [2.75, 3.05) is 11.9 Å². The zero-order valence-electron chi connectivity index (χ0n) is 14.2. The quantitative estimate of drug-likeness (QED) is 0.600. The maximum absolute atomic E-state index is 12.6. The first kappa shape index (κ1) is 19.4. The molecule has 1 saturated carbocycles. The van der Waals surface area contributed by atoms with Crippen molar-refractivity contribution >= 4 is 58.3 Å². The summed E-state index contributed by atoms with van der Waals surface area (Å²) in [7, 11) is 1.40. The summed E-state index contributed by atoms with van der Waals surface area (Å²) in [6.07, 6.45) is 3.16. The van der Waals surface area contributed by atoms with Gasteiger partial charge in [-0.1, -0.05) is 65.8 Å². The van der Waals surface area contributed by atoms with E-state index in [0.717, 1.165) is 30.6 Å². The van der Waals surface area contributed by atoms with Crippen LogP contribution in [0.5, 0.6) is 0 Å². The van der Waals surface area contributed by atoms with E-state index in [2.05, 4.69) is 10.3 Å². The molecule has 3 rings (SSSR count). The van der Waals surface area contributed by atoms with Crippen molar-refractivity contribution in [2.45, 2.75) is 41.7 Å². The number of para-hydroxylation sites is 1. The molecule has 0 spiro atoms. The number of carbonyl (C=O) groups is 2. The van der Waals surface area contributed by atoms with Gasteiger partial charge in [0, 0.05) is 13.1 Å². The zero-order valence-corrected chi connectivity index (χ0v) is 16.4. The number of anilines is 1. The van der Waals surface area contributed by atoms with Gasteiger partial charge in [0.2, 0.25) is 9.63 Å². The van der Waals surface area contributed by atoms with Crippen molar-refractivity contribution in [3.05, 3.63) is 30.3 Å². The summed E-state index contributed by atoms with van der Waals surface area (Å²) in [5, 5.41) is 3.21. The van der Waals surface area contributed by atoms with E-state index in [9.17, 15) is 9.59 Å². The van der Waals surface area contributed by atoms with E-state index in [0.29, 0.717) is 5.69 Å². The van der Waals surface area contributed by atoms with E-state index in [1.165, 1.54) is 11.9 Å². The molecule has 0 aromatic heterocycles. The van der Waals surface area contributed by atoms with Crippen LogP contribution in [0.15, 0.2) is 35.3 Å². The monoisotopic (exact) mass is 416 g/mol. The normalized spacial score (nSPS) is 21.9. The third-order valence-corrected chi connectivity index (χ3v) is 5.13. The van der Waals surface area contributed by atoms with E-state index >= 15 is 0 Å². The van der Waals surface area contributed by atoms with Crippen LogP contribution in [0.1, 0.15) is 25.7 Å². The number of amidine groups is 1. The molecule has 1 aromatic carbocycles. The number of alkyl halides is 3. The lowest BCUT2D eigenvalue weighted by Crippen LogP contribution is -2.46. The molecule has 1 N–H and O–H groups in total. The molecule has 2 aliphatic rings. The Kier molecular flexibility index (Phi) is 5.77. The summed E-state index contributed by atoms with van der Waals surface area (Å²) in [5.74, 6) is -0.600. The molecule has 9 heteroatoms. The molecule has 2 fully saturated rings. The third kappa shape index (κ3) is 3.98. The highest BCUT2D eigenvalue weighted by Gasteiger charge is 2.44. The Morgan fingerprint density at radius 1 is 1.15 bits per heavy atom. The number of imide groups is 1. The lowest BCUT2D eigenvalue weighted by Gasteiger charge is -2.26. The molecule has 0 bridgehead atoms. The van der Waals surface area contributed by atoms with E-state index < -0.39 is 21.9 Å². The first-order chi connectivity index (χ1) is 12.3. The zero-order chi connectivity index (χ0) is 18.9. The minimum atomic E-state index is -1.76. The average Bonchev–Trinajstić information content (AvgIpc) is 3.18. The average molecular weight is 418 g/mol. The van der Waals surface area contributed by atoms with Gasteiger partial charge < -0.3 is 0 Å². The molecule has 1 heterocycles. The number of nitrogens with zero attached hydrogens (tertiary/aromatic N) is 3. The van der Waals surface area contributed by atoms with Gasteiger partial charge in [0.1, 0.15) is 6.17 Å². The highest BCUT2D eigenvalue weighted by molar-refractivity contribution is 6.68. The molecule has 1 aliphatic carbocycles. The van der Waals surface area contributed by atoms with Crippen LogP contribution in [-0.2, 0) is 4.79 Å². The van der Waals surface area contributed by atoms with Gasteiger partial charge in [-0.25, -0.2) is 14.7 Å². The maximum Gasteiger partial charge on any atom is 0.337 e. The summed E-state index contributed by atoms with van der Waals surface area (Å²) in [5.41, 5.74) is 0.526. The second-order valence-corrected chi connectivity index (χ2v) is 8.73. The molecule has 1 saturated heterocycles. The largest absolute Gasteiger partial charge is 0.337 e. The van der Waals surface area contributed by atoms with Crippen LogP contribution in [0, 0.1) is 0 Å². The Morgan fingerprint density at radius 3 is 2.35 bits per heavy atom. The molecule has 1 unspecified atom stereocenters. The minimum absolute atomic E-state index is 0.0643. The summed E-state index contributed by atoms with van der Waals surface area (Å²) >= 11 is 18.3. The molecular weight excluding hydrogens is 399 g/mol. The van der Waals surface area contributed by atoms with Gasteiger partial charge in [-0.3, -0.25) is 15.0 Å². The smallest absolute Gasteiger partial charge is 0.289 e. The number of aliphatic imine (C=N–C) groups is 1. The lowest BCUT2D eigenvalue weighted by atomic mass is 10.2. The number of amides is 3. The number of benzene rings is 1. The van der Waals surface area contributed by atoms with Crippen LogP contribution in [0.2, 0.25) is 0 Å². The van der Waals surface area contributed by atoms with Gasteiger partial charge in [-0.05, 0) is 25.0 Å². The first-order valence-electron chi connectivity index (χ1n) is 8.37. The molecule has 1 aliphatic heterocycles. The van der Waals surface area contributed by atoms with Gasteiger partial charge in [-0.15, -0.1) is 0 Å². The lowest BCUT2D eigenvalue weighted by molar-refractivity contribution is -0.119. The predicted molar refractivity (Wildman–Crippen MR) is 104 cm³/mol. The SMILES string of the molecule is CN1C(=O)/C(=N\C(NC2CCCC2)C(Cl)(Cl)Cl)N(c2ccccc2)C1=O. The molecule has 0 radical (unpaired) electrons. The van der Waals surface area contributed by atoms with Gasteiger partial charge in [-0.2, -0.15) is 0 Å². The van der Waals surface area contributed by atoms with Crippen molar-refractivity contribution in [1.29, 1.82) is 0 Å². The number of carbonyl (C=O) groups excluding carboxylic acids is 2. The Balaban J connectivity index is 1.97. The fourth-order valence-electron chi connectivity index (χ4n) is 3.14. The van der Waals surface area contributed by atoms with Crippen LogP contribution in [0.3, 0.4) is 0 Å². The number of nitrogens with one attached hydrogen (secondary N) is 1. The molecule has 26 heavy (non-hydrogen) atoms. The molecular formula is C17H19Cl3N4O2. The van der Waals surface area contributed by atoms with Gasteiger partial charge in [0.25, 0.3) is 5.91 Å². The Hall–Kier alpha value is -1.34. The number of hydrogen-bond acceptors (Lipinski definition) is 4. The first-order valence-corrected chi connectivity index (χ1v) is 9.50. The summed E-state index contributed by atoms with van der Waals surface area (Å²) in [4.78, 5) is 31.7. The number of hydrogen-bond donors (Lipinski definition) is 1. The van der Waals surface area contributed by atoms with Crippen molar-refractivity contribution in [3.8, 4) is 0 Å². The van der Waals surface area contributed by atoms with Crippen LogP contribution in [-0.4, -0.2) is 45.7 Å². The van der Waals surface area contributed by atoms with Gasteiger partial charge >= 0.3 is 6.03 Å². The summed E-state index contributed by atoms with van der Waals surface area (Å²) in [6, 6.07) is 8.46. The van der Waals surface area contributed by atoms with Crippen LogP contribution in [0.4, 0.5) is 10.5 Å². The molecule has 140 valence electrons. The van der Waals surface area contributed by atoms with E-state index in [-0.39, 0.29) is 11.9 Å². The van der Waals surface area contributed by atoms with Gasteiger partial charge in [0.15, 0.2) is 0 Å². The predicted octanol–water partition coefficient (Wildman–Crippen LogP) is 3.71. The molecule has 1 aromatic rings. The summed E-state index contributed by atoms with van der Waals surface area (Å²) < 4.78 is -1.76. The Bertz CT molecular complexity index is 714. The van der Waals surface area contributed by atoms with Gasteiger partial charge in [0.05, 0.1) is 5.69 Å². The molecule has 6 nitrogen and oxygen atoms in total. The number of halogens is 3. The topological polar surface area (TPSA) is 65.0 Å². The van der Waals surface area contributed by atoms with E-state index in [1.807, 2.05) is 6.07 Å². The van der Waals surface area contributed by atoms with Crippen molar-refractivity contribution in [3.63, 3.8) is 0 Å². The van der Waals surface area contributed by atoms with Crippen LogP contribution < -0.4 is 10.2 Å². The van der Waals surface area contributed by atoms with E-state index in [1.54, 1.807) is 24.3 Å². The van der Waals surface area contributed by atoms with Crippen molar-refractivity contribution < 1.29 is 9.59 Å². The third-order valence-electron chi connectivity index (χ3n) is 4.51. The Labute approximate surface area is 167 Å². The second kappa shape index (κ2) is 7.72. The van der Waals surface area contributed by atoms with Crippen molar-refractivity contribution in [2.24, 2.45) is 4.99 Å². The van der Waals surface area contributed by atoms with Crippen LogP contribution >= 0.6 is 34.8 Å². The fraction of sp³-hybridized carbons (Fsp3) is 0.471. The van der Waals surface area contributed by atoms with E-state index in [4.69, 9.17) is 34.8 Å². The number of urea groups is 1. The molecule has 3 amide bonds. The second-order valence-electron chi connectivity index (χ2n) is 6.36. The maximum atomic E-state index is 12.6. The highest BCUT2D eigenvalue weighted by Crippen LogP contribution is 2.34. The Morgan fingerprint density at radius 2 is 1.77 bits per heavy atom. The number of rotatable bonds is 4. The minimum Gasteiger partial charge on any atom is -0.289 e. The van der Waals surface area contributed by atoms with Crippen molar-refractivity contribution in [1.82, 2.24) is 10.2 Å². The van der Waals surface area contributed by atoms with Crippen LogP contribution in [0.25, 0.3) is 0 Å². The standard InChI is InChI=1S/C17H19Cl3N4O2/c1-23-14(25)13(24(16(23)26)12-9-3-2-4-10-12)22-15(17(18,19)20)21-11-7-5-6-8-11/h2-4,9-11,15,21H,5-8H2,1H3/b22-13+. The summed E-state index contributed by atoms with van der Waals surface area (Å²) in [6.45, 7) is 0.